The van der Waals surface area contributed by atoms with Gasteiger partial charge in [0.25, 0.3) is 0 Å². The molecular formula is C7H12NNaO3S. The first-order chi connectivity index (χ1) is 5.70. The zero-order valence-electron chi connectivity index (χ0n) is 6.65. The molecular weight excluding hydrogens is 201 g/mol. The molecule has 0 unspecified atom stereocenters. The fraction of sp³-hybridized carbons (Fsp3) is 0.714. The van der Waals surface area contributed by atoms with Crippen LogP contribution in [0.4, 0.5) is 0 Å². The number of hydrogen-bond donors (Lipinski definition) is 1. The number of aliphatic carboxylic acids is 1. The van der Waals surface area contributed by atoms with Gasteiger partial charge in [-0.2, -0.15) is 0 Å². The molecule has 13 heavy (non-hydrogen) atoms. The third-order valence-electron chi connectivity index (χ3n) is 1.66. The van der Waals surface area contributed by atoms with Crippen LogP contribution in [0, 0.1) is 0 Å². The fourth-order valence-electron chi connectivity index (χ4n) is 0.983. The van der Waals surface area contributed by atoms with Gasteiger partial charge in [-0.15, -0.1) is 11.8 Å². The molecule has 0 bridgehead atoms. The summed E-state index contributed by atoms with van der Waals surface area (Å²) >= 11 is 1.70. The summed E-state index contributed by atoms with van der Waals surface area (Å²) in [5, 5.41) is 8.33. The molecule has 0 aliphatic carbocycles. The Balaban J connectivity index is 0.00000144. The van der Waals surface area contributed by atoms with E-state index in [0.717, 1.165) is 18.2 Å². The molecule has 4 nitrogen and oxygen atoms in total. The molecule has 70 valence electrons. The van der Waals surface area contributed by atoms with E-state index >= 15 is 0 Å². The van der Waals surface area contributed by atoms with Crippen LogP contribution in [0.5, 0.6) is 0 Å². The summed E-state index contributed by atoms with van der Waals surface area (Å²) in [5.74, 6) is 0.745. The SMILES string of the molecule is O=C(O)CCC(=O)N1CCSC1.[NaH]. The molecule has 6 heteroatoms. The number of amides is 1. The van der Waals surface area contributed by atoms with E-state index in [4.69, 9.17) is 5.11 Å². The summed E-state index contributed by atoms with van der Waals surface area (Å²) in [6.07, 6.45) is 0.0793. The minimum absolute atomic E-state index is 0. The maximum absolute atomic E-state index is 11.2. The first-order valence-electron chi connectivity index (χ1n) is 3.77. The van der Waals surface area contributed by atoms with Gasteiger partial charge in [0.15, 0.2) is 0 Å². The van der Waals surface area contributed by atoms with Crippen LogP contribution in [0.3, 0.4) is 0 Å². The molecule has 0 spiro atoms. The summed E-state index contributed by atoms with van der Waals surface area (Å²) in [4.78, 5) is 23.0. The van der Waals surface area contributed by atoms with E-state index in [2.05, 4.69) is 0 Å². The van der Waals surface area contributed by atoms with Crippen molar-refractivity contribution < 1.29 is 14.7 Å². The van der Waals surface area contributed by atoms with E-state index in [-0.39, 0.29) is 48.3 Å². The van der Waals surface area contributed by atoms with Gasteiger partial charge in [0, 0.05) is 18.7 Å². The average Bonchev–Trinajstić information content (AvgIpc) is 2.51. The fourth-order valence-corrected chi connectivity index (χ4v) is 1.95. The summed E-state index contributed by atoms with van der Waals surface area (Å²) in [5.41, 5.74) is 0. The molecule has 0 radical (unpaired) electrons. The van der Waals surface area contributed by atoms with Crippen molar-refractivity contribution >= 4 is 53.2 Å². The van der Waals surface area contributed by atoms with E-state index in [0.29, 0.717) is 0 Å². The predicted octanol–water partition coefficient (Wildman–Crippen LogP) is -0.264. The maximum atomic E-state index is 11.2. The molecule has 1 fully saturated rings. The van der Waals surface area contributed by atoms with E-state index in [1.165, 1.54) is 0 Å². The van der Waals surface area contributed by atoms with Crippen LogP contribution >= 0.6 is 11.8 Å². The van der Waals surface area contributed by atoms with Crippen molar-refractivity contribution in [2.45, 2.75) is 12.8 Å². The number of carbonyl (C=O) groups is 2. The van der Waals surface area contributed by atoms with E-state index in [1.807, 2.05) is 0 Å². The molecule has 1 rings (SSSR count). The predicted molar refractivity (Wildman–Crippen MR) is 53.1 cm³/mol. The third kappa shape index (κ3) is 4.90. The Morgan fingerprint density at radius 1 is 1.38 bits per heavy atom. The second-order valence-corrected chi connectivity index (χ2v) is 3.66. The monoisotopic (exact) mass is 213 g/mol. The van der Waals surface area contributed by atoms with Gasteiger partial charge < -0.3 is 10.0 Å². The molecule has 0 atom stereocenters. The van der Waals surface area contributed by atoms with Crippen molar-refractivity contribution in [2.24, 2.45) is 0 Å². The van der Waals surface area contributed by atoms with Gasteiger partial charge in [-0.25, -0.2) is 0 Å². The zero-order valence-corrected chi connectivity index (χ0v) is 7.47. The van der Waals surface area contributed by atoms with Gasteiger partial charge in [0.1, 0.15) is 0 Å². The van der Waals surface area contributed by atoms with Gasteiger partial charge in [0.05, 0.1) is 12.3 Å². The van der Waals surface area contributed by atoms with Crippen LogP contribution in [0.25, 0.3) is 0 Å². The molecule has 1 N–H and O–H groups in total. The molecule has 0 aromatic rings. The van der Waals surface area contributed by atoms with E-state index in [9.17, 15) is 9.59 Å². The van der Waals surface area contributed by atoms with Gasteiger partial charge >= 0.3 is 35.5 Å². The first kappa shape index (κ1) is 13.3. The Morgan fingerprint density at radius 2 is 2.08 bits per heavy atom. The quantitative estimate of drug-likeness (QED) is 0.656. The molecule has 0 saturated carbocycles. The summed E-state index contributed by atoms with van der Waals surface area (Å²) in [7, 11) is 0. The van der Waals surface area contributed by atoms with Crippen LogP contribution in [0.2, 0.25) is 0 Å². The number of hydrogen-bond acceptors (Lipinski definition) is 3. The molecule has 1 amide bonds. The van der Waals surface area contributed by atoms with Crippen LogP contribution in [0.1, 0.15) is 12.8 Å². The number of nitrogens with zero attached hydrogens (tertiary/aromatic N) is 1. The zero-order chi connectivity index (χ0) is 8.97. The molecule has 0 aromatic carbocycles. The van der Waals surface area contributed by atoms with Gasteiger partial charge in [-0.3, -0.25) is 9.59 Å². The first-order valence-corrected chi connectivity index (χ1v) is 4.93. The van der Waals surface area contributed by atoms with E-state index < -0.39 is 5.97 Å². The number of carbonyl (C=O) groups excluding carboxylic acids is 1. The normalized spacial score (nSPS) is 15.2. The number of carboxylic acid groups (broad SMARTS) is 1. The van der Waals surface area contributed by atoms with Crippen LogP contribution in [-0.4, -0.2) is 69.6 Å². The number of thioether (sulfide) groups is 1. The Kier molecular flexibility index (Phi) is 6.85. The molecule has 1 heterocycles. The van der Waals surface area contributed by atoms with Gasteiger partial charge in [0.2, 0.25) is 5.91 Å². The number of carboxylic acids is 1. The second-order valence-electron chi connectivity index (χ2n) is 2.59. The van der Waals surface area contributed by atoms with Crippen LogP contribution < -0.4 is 0 Å². The summed E-state index contributed by atoms with van der Waals surface area (Å²) in [6.45, 7) is 0.767. The van der Waals surface area contributed by atoms with Crippen molar-refractivity contribution in [1.82, 2.24) is 4.90 Å². The third-order valence-corrected chi connectivity index (χ3v) is 2.62. The molecule has 1 aliphatic rings. The molecule has 1 aliphatic heterocycles. The molecule has 1 saturated heterocycles. The van der Waals surface area contributed by atoms with Crippen molar-refractivity contribution in [3.05, 3.63) is 0 Å². The van der Waals surface area contributed by atoms with Crippen LogP contribution in [0.15, 0.2) is 0 Å². The van der Waals surface area contributed by atoms with Crippen LogP contribution in [-0.2, 0) is 9.59 Å². The van der Waals surface area contributed by atoms with Crippen molar-refractivity contribution in [3.63, 3.8) is 0 Å². The minimum atomic E-state index is -0.907. The van der Waals surface area contributed by atoms with Crippen molar-refractivity contribution in [2.75, 3.05) is 18.2 Å². The van der Waals surface area contributed by atoms with E-state index in [1.54, 1.807) is 16.7 Å². The topological polar surface area (TPSA) is 57.6 Å². The van der Waals surface area contributed by atoms with Crippen molar-refractivity contribution in [3.8, 4) is 0 Å². The summed E-state index contributed by atoms with van der Waals surface area (Å²) in [6, 6.07) is 0. The van der Waals surface area contributed by atoms with Crippen molar-refractivity contribution in [1.29, 1.82) is 0 Å². The Bertz CT molecular complexity index is 194. The van der Waals surface area contributed by atoms with Gasteiger partial charge in [-0.05, 0) is 0 Å². The Labute approximate surface area is 103 Å². The standard InChI is InChI=1S/C7H11NO3S.Na.H/c9-6(1-2-7(10)11)8-3-4-12-5-8;;/h1-5H2,(H,10,11);;. The van der Waals surface area contributed by atoms with Gasteiger partial charge in [-0.1, -0.05) is 0 Å². The summed E-state index contributed by atoms with van der Waals surface area (Å²) < 4.78 is 0. The molecule has 0 aromatic heterocycles. The number of rotatable bonds is 3. The average molecular weight is 213 g/mol. The second kappa shape index (κ2) is 6.70. The Hall–Kier alpha value is 0.290. The Morgan fingerprint density at radius 3 is 2.54 bits per heavy atom.